The highest BCUT2D eigenvalue weighted by Crippen LogP contribution is 2.14. The average Bonchev–Trinajstić information content (AvgIpc) is 3.09. The molecule has 0 aliphatic heterocycles. The Hall–Kier alpha value is -4.97. The third-order valence-corrected chi connectivity index (χ3v) is 8.36. The van der Waals surface area contributed by atoms with Gasteiger partial charge >= 0.3 is 5.97 Å². The van der Waals surface area contributed by atoms with Gasteiger partial charge in [-0.3, -0.25) is 29.0 Å². The molecule has 1 aromatic rings. The van der Waals surface area contributed by atoms with Gasteiger partial charge in [-0.1, -0.05) is 46.2 Å². The molecule has 52 heavy (non-hydrogen) atoms. The van der Waals surface area contributed by atoms with E-state index >= 15 is 0 Å². The minimum atomic E-state index is -1.23. The Balaban J connectivity index is 3.08. The van der Waals surface area contributed by atoms with Crippen LogP contribution in [0, 0.1) is 11.8 Å². The maximum Gasteiger partial charge on any atom is 0.326 e. The summed E-state index contributed by atoms with van der Waals surface area (Å²) in [7, 11) is 0. The summed E-state index contributed by atoms with van der Waals surface area (Å²) in [6.45, 7) is 7.01. The number of nitrogens with zero attached hydrogens (tertiary/aromatic N) is 1. The first-order valence-corrected chi connectivity index (χ1v) is 17.5. The number of amides is 5. The molecular formula is C34H58N10O8. The number of benzene rings is 1. The fourth-order valence-electron chi connectivity index (χ4n) is 5.01. The summed E-state index contributed by atoms with van der Waals surface area (Å²) < 4.78 is 0. The van der Waals surface area contributed by atoms with Gasteiger partial charge in [-0.15, -0.1) is 0 Å². The van der Waals surface area contributed by atoms with Crippen molar-refractivity contribution >= 4 is 41.5 Å². The number of carbonyl (C=O) groups is 6. The van der Waals surface area contributed by atoms with Gasteiger partial charge in [-0.2, -0.15) is 0 Å². The normalized spacial score (nSPS) is 14.4. The van der Waals surface area contributed by atoms with E-state index in [1.165, 1.54) is 12.1 Å². The molecule has 0 fully saturated rings. The molecule has 18 nitrogen and oxygen atoms in total. The maximum atomic E-state index is 13.6. The van der Waals surface area contributed by atoms with Crippen LogP contribution in [0.1, 0.15) is 71.8 Å². The van der Waals surface area contributed by atoms with E-state index in [0.29, 0.717) is 37.8 Å². The summed E-state index contributed by atoms with van der Waals surface area (Å²) in [6, 6.07) is 0.451. The molecule has 292 valence electrons. The predicted molar refractivity (Wildman–Crippen MR) is 195 cm³/mol. The van der Waals surface area contributed by atoms with Crippen LogP contribution in [0.15, 0.2) is 29.3 Å². The van der Waals surface area contributed by atoms with Crippen molar-refractivity contribution in [3.63, 3.8) is 0 Å². The Labute approximate surface area is 304 Å². The number of hydrogen-bond acceptors (Lipinski definition) is 10. The van der Waals surface area contributed by atoms with Gasteiger partial charge in [0, 0.05) is 13.0 Å². The van der Waals surface area contributed by atoms with Gasteiger partial charge in [0.2, 0.25) is 29.5 Å². The number of carbonyl (C=O) groups excluding carboxylic acids is 5. The quantitative estimate of drug-likeness (QED) is 0.0321. The van der Waals surface area contributed by atoms with E-state index in [4.69, 9.17) is 22.9 Å². The molecule has 5 amide bonds. The second-order valence-electron chi connectivity index (χ2n) is 13.0. The van der Waals surface area contributed by atoms with Gasteiger partial charge < -0.3 is 59.7 Å². The number of phenolic OH excluding ortho intramolecular Hbond substituents is 1. The van der Waals surface area contributed by atoms with Crippen molar-refractivity contribution in [3.05, 3.63) is 29.8 Å². The number of rotatable bonds is 24. The van der Waals surface area contributed by atoms with E-state index < -0.39 is 78.2 Å². The Bertz CT molecular complexity index is 1350. The Morgan fingerprint density at radius 1 is 0.788 bits per heavy atom. The molecule has 0 heterocycles. The molecule has 6 atom stereocenters. The number of carboxylic acids is 1. The second-order valence-corrected chi connectivity index (χ2v) is 13.0. The topological polar surface area (TPSA) is 319 Å². The van der Waals surface area contributed by atoms with Crippen molar-refractivity contribution in [2.75, 3.05) is 19.6 Å². The molecule has 0 saturated carbocycles. The molecule has 0 spiro atoms. The first kappa shape index (κ1) is 45.1. The van der Waals surface area contributed by atoms with Crippen LogP contribution in [0.25, 0.3) is 0 Å². The SMILES string of the molecule is CC[C@H](C)[C@H](NC(=O)[C@@H](N)CCCN=C(N)N)C(=O)N[C@@H](Cc1ccc(O)cc1)C(=O)NCC(=O)N[C@H](C(=O)N[C@@H](CCCCN)C(=O)O)C(C)C. The van der Waals surface area contributed by atoms with Gasteiger partial charge in [-0.25, -0.2) is 4.79 Å². The number of hydrogen-bond donors (Lipinski definition) is 11. The fraction of sp³-hybridized carbons (Fsp3) is 0.618. The Kier molecular flexibility index (Phi) is 20.4. The van der Waals surface area contributed by atoms with Gasteiger partial charge in [0.1, 0.15) is 29.9 Å². The lowest BCUT2D eigenvalue weighted by Gasteiger charge is -2.27. The molecular weight excluding hydrogens is 676 g/mol. The number of aliphatic imine (C=N–C) groups is 1. The third-order valence-electron chi connectivity index (χ3n) is 8.36. The molecule has 0 saturated heterocycles. The summed E-state index contributed by atoms with van der Waals surface area (Å²) in [5.41, 5.74) is 22.8. The number of unbranched alkanes of at least 4 members (excludes halogenated alkanes) is 1. The number of phenols is 1. The molecule has 0 radical (unpaired) electrons. The van der Waals surface area contributed by atoms with Crippen LogP contribution in [-0.4, -0.2) is 102 Å². The van der Waals surface area contributed by atoms with Crippen molar-refractivity contribution in [3.8, 4) is 5.75 Å². The van der Waals surface area contributed by atoms with Crippen molar-refractivity contribution in [2.45, 2.75) is 103 Å². The van der Waals surface area contributed by atoms with E-state index in [9.17, 15) is 39.0 Å². The summed E-state index contributed by atoms with van der Waals surface area (Å²) in [4.78, 5) is 81.6. The van der Waals surface area contributed by atoms with E-state index in [1.54, 1.807) is 32.9 Å². The molecule has 0 aliphatic carbocycles. The zero-order valence-electron chi connectivity index (χ0n) is 30.5. The first-order valence-electron chi connectivity index (χ1n) is 17.5. The zero-order chi connectivity index (χ0) is 39.4. The van der Waals surface area contributed by atoms with E-state index in [2.05, 4.69) is 31.6 Å². The van der Waals surface area contributed by atoms with Crippen molar-refractivity contribution in [1.29, 1.82) is 0 Å². The molecule has 1 aromatic carbocycles. The summed E-state index contributed by atoms with van der Waals surface area (Å²) in [6.07, 6.45) is 2.37. The average molecular weight is 735 g/mol. The lowest BCUT2D eigenvalue weighted by atomic mass is 9.96. The minimum Gasteiger partial charge on any atom is -0.508 e. The van der Waals surface area contributed by atoms with Crippen molar-refractivity contribution < 1.29 is 39.0 Å². The van der Waals surface area contributed by atoms with E-state index in [1.807, 2.05) is 6.92 Å². The van der Waals surface area contributed by atoms with Crippen LogP contribution >= 0.6 is 0 Å². The van der Waals surface area contributed by atoms with Crippen LogP contribution in [0.2, 0.25) is 0 Å². The number of nitrogens with two attached hydrogens (primary N) is 4. The number of nitrogens with one attached hydrogen (secondary N) is 5. The lowest BCUT2D eigenvalue weighted by molar-refractivity contribution is -0.142. The van der Waals surface area contributed by atoms with Gasteiger partial charge in [0.25, 0.3) is 0 Å². The summed E-state index contributed by atoms with van der Waals surface area (Å²) in [5, 5.41) is 32.1. The lowest BCUT2D eigenvalue weighted by Crippen LogP contribution is -2.59. The van der Waals surface area contributed by atoms with Crippen molar-refractivity contribution in [2.24, 2.45) is 39.8 Å². The zero-order valence-corrected chi connectivity index (χ0v) is 30.5. The summed E-state index contributed by atoms with van der Waals surface area (Å²) in [5.74, 6) is -5.49. The van der Waals surface area contributed by atoms with E-state index in [-0.39, 0.29) is 43.4 Å². The molecule has 0 bridgehead atoms. The highest BCUT2D eigenvalue weighted by Gasteiger charge is 2.32. The molecule has 1 rings (SSSR count). The molecule has 0 unspecified atom stereocenters. The Morgan fingerprint density at radius 2 is 1.40 bits per heavy atom. The summed E-state index contributed by atoms with van der Waals surface area (Å²) >= 11 is 0. The van der Waals surface area contributed by atoms with Gasteiger partial charge in [-0.05, 0) is 68.2 Å². The van der Waals surface area contributed by atoms with Gasteiger partial charge in [0.15, 0.2) is 5.96 Å². The number of guanidine groups is 1. The predicted octanol–water partition coefficient (Wildman–Crippen LogP) is -1.71. The maximum absolute atomic E-state index is 13.6. The standard InChI is InChI=1S/C34H58N10O8/c1-5-20(4)28(44-29(47)23(36)9-8-16-39-34(37)38)32(50)42-25(17-21-11-13-22(45)14-12-21)30(48)40-18-26(46)43-27(19(2)3)31(49)41-24(33(51)52)10-6-7-15-35/h11-14,19-20,23-25,27-28,45H,5-10,15-18,35-36H2,1-4H3,(H,40,48)(H,41,49)(H,42,50)(H,43,46)(H,44,47)(H,51,52)(H4,37,38,39)/t20-,23-,24-,25-,27-,28-/m0/s1. The highest BCUT2D eigenvalue weighted by atomic mass is 16.4. The van der Waals surface area contributed by atoms with Crippen LogP contribution in [0.4, 0.5) is 0 Å². The second kappa shape index (κ2) is 23.5. The monoisotopic (exact) mass is 734 g/mol. The number of carboxylic acid groups (broad SMARTS) is 1. The van der Waals surface area contributed by atoms with E-state index in [0.717, 1.165) is 0 Å². The smallest absolute Gasteiger partial charge is 0.326 e. The minimum absolute atomic E-state index is 0.00591. The largest absolute Gasteiger partial charge is 0.508 e. The first-order chi connectivity index (χ1) is 24.5. The number of aliphatic carboxylic acids is 1. The van der Waals surface area contributed by atoms with Crippen molar-refractivity contribution in [1.82, 2.24) is 26.6 Å². The van der Waals surface area contributed by atoms with Gasteiger partial charge in [0.05, 0.1) is 12.6 Å². The van der Waals surface area contributed by atoms with Crippen LogP contribution in [0.5, 0.6) is 5.75 Å². The third kappa shape index (κ3) is 16.8. The van der Waals surface area contributed by atoms with Crippen LogP contribution in [0.3, 0.4) is 0 Å². The highest BCUT2D eigenvalue weighted by molar-refractivity contribution is 5.95. The Morgan fingerprint density at radius 3 is 1.96 bits per heavy atom. The molecule has 15 N–H and O–H groups in total. The molecule has 0 aliphatic rings. The fourth-order valence-corrected chi connectivity index (χ4v) is 5.01. The molecule has 18 heteroatoms. The van der Waals surface area contributed by atoms with Crippen LogP contribution in [-0.2, 0) is 35.2 Å². The molecule has 0 aromatic heterocycles. The number of aromatic hydroxyl groups is 1. The van der Waals surface area contributed by atoms with Crippen LogP contribution < -0.4 is 49.5 Å².